The highest BCUT2D eigenvalue weighted by molar-refractivity contribution is 5.98. The van der Waals surface area contributed by atoms with Crippen LogP contribution in [-0.4, -0.2) is 186 Å². The van der Waals surface area contributed by atoms with Crippen LogP contribution in [0.4, 0.5) is 63.6 Å². The average Bonchev–Trinajstić information content (AvgIpc) is 3.82. The quantitative estimate of drug-likeness (QED) is 0.277. The predicted octanol–water partition coefficient (Wildman–Crippen LogP) is 7.08. The molecule has 14 nitrogen and oxygen atoms in total. The van der Waals surface area contributed by atoms with Gasteiger partial charge in [0, 0.05) is 53.8 Å². The molecule has 416 valence electrons. The minimum Gasteiger partial charge on any atom is -0.480 e. The van der Waals surface area contributed by atoms with Gasteiger partial charge >= 0.3 is 5.97 Å². The van der Waals surface area contributed by atoms with Gasteiger partial charge in [-0.3, -0.25) is 72.3 Å². The summed E-state index contributed by atoms with van der Waals surface area (Å²) in [7, 11) is 8.41. The Balaban J connectivity index is -0.000000175. The number of carbonyl (C=O) groups excluding carboxylic acids is 7. The van der Waals surface area contributed by atoms with Crippen molar-refractivity contribution in [3.05, 3.63) is 0 Å². The molecule has 5 atom stereocenters. The van der Waals surface area contributed by atoms with Gasteiger partial charge in [-0.25, -0.2) is 17.6 Å². The molecule has 5 aliphatic rings. The summed E-state index contributed by atoms with van der Waals surface area (Å²) in [6.45, 7) is 19.2. The first-order chi connectivity index (χ1) is 30.7. The molecule has 0 aromatic rings. The van der Waals surface area contributed by atoms with E-state index in [1.165, 1.54) is 58.4 Å². The first-order valence-corrected chi connectivity index (χ1v) is 20.4. The summed E-state index contributed by atoms with van der Waals surface area (Å²) in [6, 6.07) is -2.38. The highest BCUT2D eigenvalue weighted by atomic mass is 20.0. The largest absolute Gasteiger partial charge is 0.480 e. The molecule has 0 amide bonds. The van der Waals surface area contributed by atoms with E-state index in [0.29, 0.717) is 26.1 Å². The van der Waals surface area contributed by atoms with Crippen molar-refractivity contribution in [3.8, 4) is 0 Å². The van der Waals surface area contributed by atoms with Crippen LogP contribution in [0, 0.1) is 21.7 Å². The Bertz CT molecular complexity index is 1610. The van der Waals surface area contributed by atoms with E-state index in [-0.39, 0.29) is 74.6 Å². The number of Topliss-reactive ketones (excluding diaryl/α,β-unsaturated/α-hetero) is 7. The van der Waals surface area contributed by atoms with Crippen LogP contribution in [0.3, 0.4) is 0 Å². The maximum atomic E-state index is 13.4. The molecule has 5 heterocycles. The smallest absolute Gasteiger partial charge is 0.321 e. The highest BCUT2D eigenvalue weighted by Gasteiger charge is 2.62. The molecule has 0 bridgehead atoms. The summed E-state index contributed by atoms with van der Waals surface area (Å²) in [5, 5.41) is 8.78. The fourth-order valence-corrected chi connectivity index (χ4v) is 9.40. The molecule has 0 saturated carbocycles. The molecule has 70 heavy (non-hydrogen) atoms. The van der Waals surface area contributed by atoms with Crippen molar-refractivity contribution in [2.75, 3.05) is 68.0 Å². The number of hydrogen-bond acceptors (Lipinski definition) is 13. The summed E-state index contributed by atoms with van der Waals surface area (Å²) in [5.41, 5.74) is -3.76. The number of hydrogen-bond donors (Lipinski definition) is 1. The molecule has 0 spiro atoms. The number of rotatable bonds is 5. The van der Waals surface area contributed by atoms with Gasteiger partial charge in [-0.1, -0.05) is 55.4 Å². The van der Waals surface area contributed by atoms with Gasteiger partial charge in [0.15, 0.2) is 11.6 Å². The van der Waals surface area contributed by atoms with Crippen molar-refractivity contribution in [3.63, 3.8) is 0 Å². The van der Waals surface area contributed by atoms with Crippen molar-refractivity contribution in [2.24, 2.45) is 21.7 Å². The van der Waals surface area contributed by atoms with Crippen LogP contribution in [0.2, 0.25) is 0 Å². The van der Waals surface area contributed by atoms with Crippen molar-refractivity contribution >= 4 is 46.5 Å². The van der Waals surface area contributed by atoms with Gasteiger partial charge in [0.05, 0.1) is 67.7 Å². The van der Waals surface area contributed by atoms with Crippen LogP contribution < -0.4 is 0 Å². The van der Waals surface area contributed by atoms with Gasteiger partial charge < -0.3 is 5.11 Å². The first-order valence-electron chi connectivity index (χ1n) is 20.4. The number of alkyl halides is 4. The molecule has 1 N–H and O–H groups in total. The van der Waals surface area contributed by atoms with Gasteiger partial charge in [0.1, 0.15) is 35.0 Å². The Morgan fingerprint density at radius 3 is 0.829 bits per heavy atom. The molecular weight excluding hydrogens is 984 g/mol. The van der Waals surface area contributed by atoms with Gasteiger partial charge in [0.2, 0.25) is 0 Å². The number of ketones is 7. The third-order valence-corrected chi connectivity index (χ3v) is 12.7. The topological polar surface area (TPSA) is 173 Å². The second-order valence-corrected chi connectivity index (χ2v) is 19.4. The molecule has 28 heteroatoms. The Morgan fingerprint density at radius 1 is 0.457 bits per heavy atom. The van der Waals surface area contributed by atoms with E-state index in [1.54, 1.807) is 32.8 Å². The van der Waals surface area contributed by atoms with Gasteiger partial charge in [-0.05, 0) is 62.9 Å². The maximum absolute atomic E-state index is 13.4. The number of carbonyl (C=O) groups is 8. The fourth-order valence-electron chi connectivity index (χ4n) is 9.40. The molecule has 0 unspecified atom stereocenters. The zero-order valence-electron chi connectivity index (χ0n) is 42.4. The second kappa shape index (κ2) is 31.4. The molecule has 0 aromatic heterocycles. The summed E-state index contributed by atoms with van der Waals surface area (Å²) in [6.07, 6.45) is 0.409. The average molecular weight is 1060 g/mol. The van der Waals surface area contributed by atoms with Gasteiger partial charge in [0.25, 0.3) is 11.8 Å². The zero-order valence-corrected chi connectivity index (χ0v) is 42.4. The van der Waals surface area contributed by atoms with Crippen molar-refractivity contribution in [2.45, 2.75) is 132 Å². The number of carboxylic acid groups (broad SMARTS) is 1. The third-order valence-electron chi connectivity index (χ3n) is 12.7. The SMILES string of the molecule is CC(=O)[C@@H]1CC(=O)CN1C.CC(=O)[C@H]1N(C)CC(=O)C1(C)C.CC(=O)[C@H]1N(C)CC(=O)C1(C)C.CC(=O)[C@H]1N(C)CC(F)(F)C1(C)C.CN1CC(F)(F)C(C)(C)[C@H]1C(=O)O.F.F.FF.FF.FF.FF. The number of carboxylic acids is 1. The molecule has 0 aliphatic carbocycles. The van der Waals surface area contributed by atoms with E-state index in [1.807, 2.05) is 51.6 Å². The molecule has 0 radical (unpaired) electrons. The third kappa shape index (κ3) is 18.9. The zero-order chi connectivity index (χ0) is 55.6. The molecule has 0 aromatic carbocycles. The summed E-state index contributed by atoms with van der Waals surface area (Å²) >= 11 is 0. The fraction of sp³-hybridized carbons (Fsp3) is 0.810. The molecular formula is C42H71F14N5O9. The van der Waals surface area contributed by atoms with Crippen LogP contribution >= 0.6 is 0 Å². The minimum atomic E-state index is -2.94. The Morgan fingerprint density at radius 2 is 0.729 bits per heavy atom. The number of likely N-dealkylation sites (tertiary alicyclic amines) is 5. The minimum absolute atomic E-state index is 0. The van der Waals surface area contributed by atoms with E-state index in [4.69, 9.17) is 41.7 Å². The Kier molecular flexibility index (Phi) is 34.8. The van der Waals surface area contributed by atoms with E-state index in [2.05, 4.69) is 0 Å². The van der Waals surface area contributed by atoms with Crippen molar-refractivity contribution in [1.29, 1.82) is 0 Å². The van der Waals surface area contributed by atoms with Crippen molar-refractivity contribution < 1.29 is 107 Å². The second-order valence-electron chi connectivity index (χ2n) is 19.4. The van der Waals surface area contributed by atoms with Crippen LogP contribution in [0.1, 0.15) is 89.5 Å². The van der Waals surface area contributed by atoms with Crippen molar-refractivity contribution in [1.82, 2.24) is 24.5 Å². The summed E-state index contributed by atoms with van der Waals surface area (Å²) in [5.74, 6) is -6.37. The lowest BCUT2D eigenvalue weighted by molar-refractivity contribution is -0.149. The first kappa shape index (κ1) is 77.4. The van der Waals surface area contributed by atoms with E-state index >= 15 is 0 Å². The highest BCUT2D eigenvalue weighted by Crippen LogP contribution is 2.48. The number of halogens is 14. The summed E-state index contributed by atoms with van der Waals surface area (Å²) in [4.78, 5) is 96.9. The van der Waals surface area contributed by atoms with Gasteiger partial charge in [-0.2, -0.15) is 0 Å². The number of aliphatic carboxylic acids is 1. The lowest BCUT2D eigenvalue weighted by Crippen LogP contribution is -2.45. The standard InChI is InChI=1S/C9H15F2NO.2C9H15NO2.C8H13F2NO2.C7H11NO2.4F2.2FH/c1-6(13)7-8(2,3)9(10,11)5-12(7)4;2*1-6(11)8-9(2,3)7(12)5-10(8)4;1-7(2)5(6(12)13)11(3)4-8(7,9)10;1-5(9)7-3-6(10)4-8(7)2;4*1-2;;/h7H,5H2,1-4H3;2*8H,5H2,1-4H3;5H,4H2,1-3H3,(H,12,13);7H,3-4H2,1-2H3;;;;;2*1H/t7-;2*8-;5-;7-;;;;;;/m11110....../s1. The van der Waals surface area contributed by atoms with E-state index in [9.17, 15) is 55.9 Å². The Hall–Kier alpha value is -4.02. The number of nitrogens with zero attached hydrogens (tertiary/aromatic N) is 5. The van der Waals surface area contributed by atoms with Gasteiger partial charge in [-0.15, -0.1) is 0 Å². The molecule has 5 fully saturated rings. The summed E-state index contributed by atoms with van der Waals surface area (Å²) < 4.78 is 117. The monoisotopic (exact) mass is 1060 g/mol. The normalized spacial score (nSPS) is 26.2. The van der Waals surface area contributed by atoms with Crippen LogP contribution in [0.25, 0.3) is 0 Å². The number of likely N-dealkylation sites (N-methyl/N-ethyl adjacent to an activating group) is 5. The van der Waals surface area contributed by atoms with Crippen LogP contribution in [0.5, 0.6) is 0 Å². The van der Waals surface area contributed by atoms with Crippen LogP contribution in [0.15, 0.2) is 0 Å². The lowest BCUT2D eigenvalue weighted by atomic mass is 9.80. The van der Waals surface area contributed by atoms with E-state index in [0.717, 1.165) is 0 Å². The molecule has 5 rings (SSSR count). The molecule has 5 saturated heterocycles. The predicted molar refractivity (Wildman–Crippen MR) is 231 cm³/mol. The Labute approximate surface area is 398 Å². The maximum Gasteiger partial charge on any atom is 0.321 e. The lowest BCUT2D eigenvalue weighted by Gasteiger charge is -2.30. The van der Waals surface area contributed by atoms with E-state index < -0.39 is 58.1 Å². The van der Waals surface area contributed by atoms with Crippen LogP contribution in [-0.2, 0) is 38.4 Å². The molecule has 5 aliphatic heterocycles.